The summed E-state index contributed by atoms with van der Waals surface area (Å²) in [4.78, 5) is 37.5. The number of ether oxygens (including phenoxy) is 1. The zero-order chi connectivity index (χ0) is 25.7. The molecule has 0 saturated carbocycles. The van der Waals surface area contributed by atoms with Crippen LogP contribution in [0.2, 0.25) is 0 Å². The number of aromatic amines is 1. The molecular formula is C26H26N6O4. The monoisotopic (exact) mass is 486 g/mol. The van der Waals surface area contributed by atoms with Crippen molar-refractivity contribution in [2.24, 2.45) is 5.73 Å². The first kappa shape index (κ1) is 24.5. The van der Waals surface area contributed by atoms with Gasteiger partial charge in [-0.05, 0) is 52.1 Å². The van der Waals surface area contributed by atoms with Gasteiger partial charge >= 0.3 is 5.97 Å². The fourth-order valence-electron chi connectivity index (χ4n) is 4.13. The van der Waals surface area contributed by atoms with Crippen molar-refractivity contribution in [1.29, 1.82) is 0 Å². The molecule has 0 fully saturated rings. The van der Waals surface area contributed by atoms with E-state index in [9.17, 15) is 14.4 Å². The second-order valence-electron chi connectivity index (χ2n) is 8.29. The van der Waals surface area contributed by atoms with Crippen LogP contribution in [0.3, 0.4) is 0 Å². The number of nitrogens with zero attached hydrogens (tertiary/aromatic N) is 4. The Labute approximate surface area is 207 Å². The minimum absolute atomic E-state index is 0.131. The Kier molecular flexibility index (Phi) is 7.33. The van der Waals surface area contributed by atoms with E-state index in [1.807, 2.05) is 37.3 Å². The molecule has 0 saturated heterocycles. The topological polar surface area (TPSA) is 146 Å². The molecular weight excluding hydrogens is 460 g/mol. The molecule has 0 unspecified atom stereocenters. The number of primary amides is 1. The maximum atomic E-state index is 13.0. The maximum absolute atomic E-state index is 13.0. The van der Waals surface area contributed by atoms with Gasteiger partial charge in [-0.25, -0.2) is 9.89 Å². The number of aryl methyl sites for hydroxylation is 1. The molecule has 0 aliphatic rings. The largest absolute Gasteiger partial charge is 0.465 e. The predicted octanol–water partition coefficient (Wildman–Crippen LogP) is 2.97. The Bertz CT molecular complexity index is 1460. The SMILES string of the molecule is CCCCc1cc(C(=O)OC)cc(=O)n1Cc1ccc(-c2ccccc2-c2nnn[nH]2)cc1C(N)=O. The summed E-state index contributed by atoms with van der Waals surface area (Å²) in [6.45, 7) is 2.18. The molecule has 0 aliphatic carbocycles. The van der Waals surface area contributed by atoms with E-state index < -0.39 is 11.9 Å². The first-order chi connectivity index (χ1) is 17.4. The molecule has 4 aromatic rings. The van der Waals surface area contributed by atoms with Crippen LogP contribution in [0.5, 0.6) is 0 Å². The number of hydrogen-bond donors (Lipinski definition) is 2. The number of unbranched alkanes of at least 4 members (excludes halogenated alkanes) is 1. The van der Waals surface area contributed by atoms with Gasteiger partial charge in [0.15, 0.2) is 5.82 Å². The van der Waals surface area contributed by atoms with Gasteiger partial charge in [-0.2, -0.15) is 0 Å². The number of nitrogens with two attached hydrogens (primary N) is 1. The highest BCUT2D eigenvalue weighted by molar-refractivity contribution is 5.96. The van der Waals surface area contributed by atoms with Crippen LogP contribution < -0.4 is 11.3 Å². The molecule has 3 N–H and O–H groups in total. The third kappa shape index (κ3) is 5.07. The second-order valence-corrected chi connectivity index (χ2v) is 8.29. The fourth-order valence-corrected chi connectivity index (χ4v) is 4.13. The number of hydrogen-bond acceptors (Lipinski definition) is 7. The number of carbonyl (C=O) groups is 2. The van der Waals surface area contributed by atoms with Crippen LogP contribution in [0.15, 0.2) is 59.4 Å². The molecule has 2 aromatic carbocycles. The van der Waals surface area contributed by atoms with Crippen molar-refractivity contribution in [3.8, 4) is 22.5 Å². The summed E-state index contributed by atoms with van der Waals surface area (Å²) >= 11 is 0. The molecule has 0 atom stereocenters. The third-order valence-corrected chi connectivity index (χ3v) is 5.96. The lowest BCUT2D eigenvalue weighted by Crippen LogP contribution is -2.27. The van der Waals surface area contributed by atoms with E-state index in [1.54, 1.807) is 22.8 Å². The summed E-state index contributed by atoms with van der Waals surface area (Å²) in [5.41, 5.74) is 9.51. The minimum Gasteiger partial charge on any atom is -0.465 e. The number of tetrazole rings is 1. The van der Waals surface area contributed by atoms with Crippen molar-refractivity contribution in [3.63, 3.8) is 0 Å². The van der Waals surface area contributed by atoms with Crippen LogP contribution in [0.4, 0.5) is 0 Å². The Morgan fingerprint density at radius 1 is 1.08 bits per heavy atom. The van der Waals surface area contributed by atoms with Gasteiger partial charge in [0.05, 0.1) is 19.2 Å². The van der Waals surface area contributed by atoms with E-state index in [0.717, 1.165) is 29.5 Å². The summed E-state index contributed by atoms with van der Waals surface area (Å²) in [5.74, 6) is -0.687. The van der Waals surface area contributed by atoms with E-state index in [4.69, 9.17) is 10.5 Å². The van der Waals surface area contributed by atoms with Gasteiger partial charge in [0.25, 0.3) is 5.56 Å². The number of benzene rings is 2. The highest BCUT2D eigenvalue weighted by atomic mass is 16.5. The zero-order valence-electron chi connectivity index (χ0n) is 20.0. The van der Waals surface area contributed by atoms with E-state index in [0.29, 0.717) is 29.1 Å². The molecule has 0 radical (unpaired) electrons. The number of aromatic nitrogens is 5. The smallest absolute Gasteiger partial charge is 0.338 e. The molecule has 0 aliphatic heterocycles. The summed E-state index contributed by atoms with van der Waals surface area (Å²) in [6.07, 6.45) is 2.34. The lowest BCUT2D eigenvalue weighted by atomic mass is 9.95. The molecule has 4 rings (SSSR count). The molecule has 0 spiro atoms. The summed E-state index contributed by atoms with van der Waals surface area (Å²) in [5, 5.41) is 14.0. The molecule has 36 heavy (non-hydrogen) atoms. The van der Waals surface area contributed by atoms with Crippen molar-refractivity contribution < 1.29 is 14.3 Å². The van der Waals surface area contributed by atoms with E-state index in [1.165, 1.54) is 13.2 Å². The van der Waals surface area contributed by atoms with Crippen molar-refractivity contribution in [3.05, 3.63) is 87.3 Å². The highest BCUT2D eigenvalue weighted by Crippen LogP contribution is 2.31. The minimum atomic E-state index is -0.611. The zero-order valence-corrected chi connectivity index (χ0v) is 20.0. The number of rotatable bonds is 9. The van der Waals surface area contributed by atoms with Gasteiger partial charge < -0.3 is 15.0 Å². The van der Waals surface area contributed by atoms with Gasteiger partial charge in [-0.1, -0.05) is 49.7 Å². The average molecular weight is 487 g/mol. The fraction of sp³-hybridized carbons (Fsp3) is 0.231. The third-order valence-electron chi connectivity index (χ3n) is 5.96. The molecule has 2 heterocycles. The predicted molar refractivity (Wildman–Crippen MR) is 133 cm³/mol. The van der Waals surface area contributed by atoms with Gasteiger partial charge in [0.2, 0.25) is 5.91 Å². The van der Waals surface area contributed by atoms with Crippen LogP contribution >= 0.6 is 0 Å². The number of carbonyl (C=O) groups excluding carboxylic acids is 2. The highest BCUT2D eigenvalue weighted by Gasteiger charge is 2.17. The molecule has 2 aromatic heterocycles. The number of H-pyrrole nitrogens is 1. The van der Waals surface area contributed by atoms with Gasteiger partial charge in [-0.3, -0.25) is 9.59 Å². The normalized spacial score (nSPS) is 10.8. The second kappa shape index (κ2) is 10.8. The first-order valence-electron chi connectivity index (χ1n) is 11.5. The van der Waals surface area contributed by atoms with E-state index in [2.05, 4.69) is 20.6 Å². The number of nitrogens with one attached hydrogen (secondary N) is 1. The van der Waals surface area contributed by atoms with Crippen LogP contribution in [-0.4, -0.2) is 44.2 Å². The number of methoxy groups -OCH3 is 1. The molecule has 10 nitrogen and oxygen atoms in total. The van der Waals surface area contributed by atoms with E-state index >= 15 is 0 Å². The Morgan fingerprint density at radius 2 is 1.86 bits per heavy atom. The van der Waals surface area contributed by atoms with Gasteiger partial charge in [0.1, 0.15) is 0 Å². The Balaban J connectivity index is 1.78. The quantitative estimate of drug-likeness (QED) is 0.346. The van der Waals surface area contributed by atoms with Crippen LogP contribution in [0.25, 0.3) is 22.5 Å². The molecule has 184 valence electrons. The summed E-state index contributed by atoms with van der Waals surface area (Å²) in [6, 6.07) is 15.8. The number of amides is 1. The maximum Gasteiger partial charge on any atom is 0.338 e. The van der Waals surface area contributed by atoms with Crippen LogP contribution in [-0.2, 0) is 17.7 Å². The standard InChI is InChI=1S/C26H26N6O4/c1-3-4-7-19-12-18(26(35)36-2)14-23(33)32(19)15-17-11-10-16(13-22(17)24(27)34)20-8-5-6-9-21(20)25-28-30-31-29-25/h5-6,8-14H,3-4,7,15H2,1-2H3,(H2,27,34)(H,28,29,30,31). The van der Waals surface area contributed by atoms with Crippen molar-refractivity contribution >= 4 is 11.9 Å². The van der Waals surface area contributed by atoms with Crippen LogP contribution in [0, 0.1) is 0 Å². The van der Waals surface area contributed by atoms with E-state index in [-0.39, 0.29) is 17.7 Å². The lowest BCUT2D eigenvalue weighted by Gasteiger charge is -2.17. The van der Waals surface area contributed by atoms with Gasteiger partial charge in [-0.15, -0.1) is 5.10 Å². The van der Waals surface area contributed by atoms with Crippen molar-refractivity contribution in [1.82, 2.24) is 25.2 Å². The lowest BCUT2D eigenvalue weighted by molar-refractivity contribution is 0.0600. The van der Waals surface area contributed by atoms with Gasteiger partial charge in [0, 0.05) is 22.9 Å². The molecule has 10 heteroatoms. The van der Waals surface area contributed by atoms with Crippen LogP contribution in [0.1, 0.15) is 51.7 Å². The Hall–Kier alpha value is -4.60. The number of esters is 1. The molecule has 1 amide bonds. The summed E-state index contributed by atoms with van der Waals surface area (Å²) in [7, 11) is 1.28. The Morgan fingerprint density at radius 3 is 2.53 bits per heavy atom. The average Bonchev–Trinajstić information content (AvgIpc) is 3.43. The summed E-state index contributed by atoms with van der Waals surface area (Å²) < 4.78 is 6.36. The van der Waals surface area contributed by atoms with Crippen molar-refractivity contribution in [2.75, 3.05) is 7.11 Å². The molecule has 0 bridgehead atoms. The number of pyridine rings is 1. The van der Waals surface area contributed by atoms with Crippen molar-refractivity contribution in [2.45, 2.75) is 32.7 Å². The first-order valence-corrected chi connectivity index (χ1v) is 11.5.